The van der Waals surface area contributed by atoms with Crippen LogP contribution >= 0.6 is 11.3 Å². The third kappa shape index (κ3) is 2.81. The lowest BCUT2D eigenvalue weighted by Crippen LogP contribution is -2.30. The monoisotopic (exact) mass is 239 g/mol. The molecule has 2 aromatic heterocycles. The molecule has 16 heavy (non-hydrogen) atoms. The van der Waals surface area contributed by atoms with E-state index in [1.165, 1.54) is 0 Å². The smallest absolute Gasteiger partial charge is 0.193 e. The highest BCUT2D eigenvalue weighted by Gasteiger charge is 2.05. The lowest BCUT2D eigenvalue weighted by molar-refractivity contribution is 0.127. The van der Waals surface area contributed by atoms with Crippen LogP contribution in [0.15, 0.2) is 17.8 Å². The van der Waals surface area contributed by atoms with Crippen LogP contribution in [0, 0.1) is 0 Å². The number of aromatic nitrogens is 2. The number of ether oxygens (including phenoxy) is 1. The van der Waals surface area contributed by atoms with Gasteiger partial charge in [-0.05, 0) is 13.8 Å². The van der Waals surface area contributed by atoms with E-state index in [9.17, 15) is 0 Å². The lowest BCUT2D eigenvalue weighted by atomic mass is 10.3. The average Bonchev–Trinajstić information content (AvgIpc) is 2.83. The summed E-state index contributed by atoms with van der Waals surface area (Å²) in [6.45, 7) is 6.44. The Morgan fingerprint density at radius 2 is 2.50 bits per heavy atom. The zero-order valence-corrected chi connectivity index (χ0v) is 10.5. The molecule has 1 N–H and O–H groups in total. The highest BCUT2D eigenvalue weighted by molar-refractivity contribution is 7.15. The summed E-state index contributed by atoms with van der Waals surface area (Å²) in [4.78, 5) is 5.55. The van der Waals surface area contributed by atoms with Gasteiger partial charge < -0.3 is 10.1 Å². The minimum Gasteiger partial charge on any atom is -0.380 e. The van der Waals surface area contributed by atoms with Crippen molar-refractivity contribution in [3.8, 4) is 0 Å². The zero-order chi connectivity index (χ0) is 11.4. The van der Waals surface area contributed by atoms with Gasteiger partial charge in [-0.3, -0.25) is 4.40 Å². The quantitative estimate of drug-likeness (QED) is 0.837. The molecule has 1 atom stereocenters. The summed E-state index contributed by atoms with van der Waals surface area (Å²) < 4.78 is 7.39. The molecule has 0 aliphatic heterocycles. The fourth-order valence-electron chi connectivity index (χ4n) is 1.49. The molecule has 0 saturated carbocycles. The molecule has 4 nitrogen and oxygen atoms in total. The molecule has 88 valence electrons. The summed E-state index contributed by atoms with van der Waals surface area (Å²) in [5.41, 5.74) is 1.08. The van der Waals surface area contributed by atoms with E-state index in [0.29, 0.717) is 6.04 Å². The molecule has 2 aromatic rings. The maximum atomic E-state index is 5.34. The summed E-state index contributed by atoms with van der Waals surface area (Å²) in [5.74, 6) is 0. The standard InChI is InChI=1S/C11H17N3OS/c1-3-15-8-9(2)12-6-10-7-14-4-5-16-11(14)13-10/h4-5,7,9,12H,3,6,8H2,1-2H3. The van der Waals surface area contributed by atoms with E-state index in [0.717, 1.165) is 30.4 Å². The third-order valence-electron chi connectivity index (χ3n) is 2.35. The Morgan fingerprint density at radius 3 is 3.25 bits per heavy atom. The number of hydrogen-bond acceptors (Lipinski definition) is 4. The van der Waals surface area contributed by atoms with Crippen LogP contribution in [0.2, 0.25) is 0 Å². The van der Waals surface area contributed by atoms with Gasteiger partial charge in [-0.25, -0.2) is 4.98 Å². The van der Waals surface area contributed by atoms with E-state index in [4.69, 9.17) is 4.74 Å². The topological polar surface area (TPSA) is 38.6 Å². The molecular weight excluding hydrogens is 222 g/mol. The fraction of sp³-hybridized carbons (Fsp3) is 0.545. The summed E-state index contributed by atoms with van der Waals surface area (Å²) >= 11 is 1.66. The van der Waals surface area contributed by atoms with Crippen LogP contribution in [-0.4, -0.2) is 28.6 Å². The van der Waals surface area contributed by atoms with Crippen molar-refractivity contribution in [2.45, 2.75) is 26.4 Å². The molecular formula is C11H17N3OS. The molecule has 0 bridgehead atoms. The van der Waals surface area contributed by atoms with Crippen molar-refractivity contribution < 1.29 is 4.74 Å². The molecule has 0 aliphatic rings. The number of hydrogen-bond donors (Lipinski definition) is 1. The minimum absolute atomic E-state index is 0.361. The first kappa shape index (κ1) is 11.6. The number of nitrogens with zero attached hydrogens (tertiary/aromatic N) is 2. The summed E-state index contributed by atoms with van der Waals surface area (Å²) in [6.07, 6.45) is 4.09. The van der Waals surface area contributed by atoms with Crippen LogP contribution in [0.3, 0.4) is 0 Å². The number of imidazole rings is 1. The molecule has 0 radical (unpaired) electrons. The fourth-order valence-corrected chi connectivity index (χ4v) is 2.21. The summed E-state index contributed by atoms with van der Waals surface area (Å²) in [5, 5.41) is 5.43. The Bertz CT molecular complexity index is 409. The van der Waals surface area contributed by atoms with E-state index in [-0.39, 0.29) is 0 Å². The van der Waals surface area contributed by atoms with E-state index in [2.05, 4.69) is 27.8 Å². The van der Waals surface area contributed by atoms with Gasteiger partial charge in [0, 0.05) is 37.0 Å². The Morgan fingerprint density at radius 1 is 1.62 bits per heavy atom. The van der Waals surface area contributed by atoms with Gasteiger partial charge in [0.05, 0.1) is 12.3 Å². The second kappa shape index (κ2) is 5.43. The van der Waals surface area contributed by atoms with Gasteiger partial charge in [0.1, 0.15) is 0 Å². The third-order valence-corrected chi connectivity index (χ3v) is 3.12. The first-order valence-electron chi connectivity index (χ1n) is 5.51. The highest BCUT2D eigenvalue weighted by atomic mass is 32.1. The highest BCUT2D eigenvalue weighted by Crippen LogP contribution is 2.11. The molecule has 2 heterocycles. The number of fused-ring (bicyclic) bond motifs is 1. The van der Waals surface area contributed by atoms with Crippen LogP contribution in [0.4, 0.5) is 0 Å². The van der Waals surface area contributed by atoms with E-state index in [1.807, 2.05) is 18.5 Å². The molecule has 1 unspecified atom stereocenters. The minimum atomic E-state index is 0.361. The first-order valence-corrected chi connectivity index (χ1v) is 6.39. The Kier molecular flexibility index (Phi) is 3.93. The van der Waals surface area contributed by atoms with Crippen molar-refractivity contribution in [3.63, 3.8) is 0 Å². The molecule has 0 spiro atoms. The summed E-state index contributed by atoms with van der Waals surface area (Å²) in [7, 11) is 0. The van der Waals surface area contributed by atoms with Crippen LogP contribution in [0.1, 0.15) is 19.5 Å². The largest absolute Gasteiger partial charge is 0.380 e. The van der Waals surface area contributed by atoms with Crippen LogP contribution in [0.25, 0.3) is 4.96 Å². The Balaban J connectivity index is 1.83. The van der Waals surface area contributed by atoms with E-state index < -0.39 is 0 Å². The van der Waals surface area contributed by atoms with Gasteiger partial charge in [0.2, 0.25) is 0 Å². The van der Waals surface area contributed by atoms with Crippen molar-refractivity contribution in [3.05, 3.63) is 23.5 Å². The summed E-state index contributed by atoms with van der Waals surface area (Å²) in [6, 6.07) is 0.361. The molecule has 2 rings (SSSR count). The molecule has 0 amide bonds. The van der Waals surface area contributed by atoms with Gasteiger partial charge in [-0.1, -0.05) is 0 Å². The van der Waals surface area contributed by atoms with Gasteiger partial charge >= 0.3 is 0 Å². The zero-order valence-electron chi connectivity index (χ0n) is 9.64. The second-order valence-electron chi connectivity index (χ2n) is 3.77. The van der Waals surface area contributed by atoms with Crippen molar-refractivity contribution in [1.29, 1.82) is 0 Å². The van der Waals surface area contributed by atoms with Crippen molar-refractivity contribution >= 4 is 16.3 Å². The molecule has 0 saturated heterocycles. The average molecular weight is 239 g/mol. The maximum absolute atomic E-state index is 5.34. The van der Waals surface area contributed by atoms with Crippen LogP contribution < -0.4 is 5.32 Å². The number of rotatable bonds is 6. The normalized spacial score (nSPS) is 13.4. The SMILES string of the molecule is CCOCC(C)NCc1cn2ccsc2n1. The van der Waals surface area contributed by atoms with Gasteiger partial charge in [-0.2, -0.15) is 0 Å². The van der Waals surface area contributed by atoms with E-state index in [1.54, 1.807) is 11.3 Å². The predicted molar refractivity (Wildman–Crippen MR) is 65.9 cm³/mol. The van der Waals surface area contributed by atoms with Crippen molar-refractivity contribution in [1.82, 2.24) is 14.7 Å². The van der Waals surface area contributed by atoms with Gasteiger partial charge in [0.15, 0.2) is 4.96 Å². The number of nitrogens with one attached hydrogen (secondary N) is 1. The molecule has 0 aromatic carbocycles. The first-order chi connectivity index (χ1) is 7.79. The molecule has 0 aliphatic carbocycles. The molecule has 5 heteroatoms. The Labute approximate surface area is 99.3 Å². The van der Waals surface area contributed by atoms with Crippen molar-refractivity contribution in [2.24, 2.45) is 0 Å². The van der Waals surface area contributed by atoms with Crippen LogP contribution in [0.5, 0.6) is 0 Å². The number of thiazole rings is 1. The van der Waals surface area contributed by atoms with E-state index >= 15 is 0 Å². The second-order valence-corrected chi connectivity index (χ2v) is 4.64. The van der Waals surface area contributed by atoms with Gasteiger partial charge in [0.25, 0.3) is 0 Å². The van der Waals surface area contributed by atoms with Crippen molar-refractivity contribution in [2.75, 3.05) is 13.2 Å². The van der Waals surface area contributed by atoms with Crippen LogP contribution in [-0.2, 0) is 11.3 Å². The molecule has 0 fully saturated rings. The lowest BCUT2D eigenvalue weighted by Gasteiger charge is -2.12. The predicted octanol–water partition coefficient (Wildman–Crippen LogP) is 1.91. The van der Waals surface area contributed by atoms with Gasteiger partial charge in [-0.15, -0.1) is 11.3 Å². The maximum Gasteiger partial charge on any atom is 0.193 e. The Hall–Kier alpha value is -0.910.